The van der Waals surface area contributed by atoms with E-state index >= 15 is 0 Å². The van der Waals surface area contributed by atoms with Crippen molar-refractivity contribution in [3.05, 3.63) is 70.4 Å². The van der Waals surface area contributed by atoms with Crippen molar-refractivity contribution in [3.63, 3.8) is 0 Å². The van der Waals surface area contributed by atoms with E-state index in [1.165, 1.54) is 45.0 Å². The molecule has 0 saturated heterocycles. The minimum Gasteiger partial charge on any atom is -0.497 e. The third kappa shape index (κ3) is 2.13. The van der Waals surface area contributed by atoms with Crippen LogP contribution in [0.5, 0.6) is 5.75 Å². The van der Waals surface area contributed by atoms with Gasteiger partial charge in [0.2, 0.25) is 0 Å². The number of benzene rings is 2. The number of quaternary nitrogens is 1. The van der Waals surface area contributed by atoms with Gasteiger partial charge in [0.1, 0.15) is 11.4 Å². The van der Waals surface area contributed by atoms with E-state index in [-0.39, 0.29) is 0 Å². The van der Waals surface area contributed by atoms with Gasteiger partial charge in [0.25, 0.3) is 0 Å². The van der Waals surface area contributed by atoms with Gasteiger partial charge in [0.05, 0.1) is 32.5 Å². The monoisotopic (exact) mass is 377 g/mol. The highest BCUT2D eigenvalue weighted by Gasteiger charge is 2.44. The Kier molecular flexibility index (Phi) is 3.40. The van der Waals surface area contributed by atoms with Gasteiger partial charge in [-0.2, -0.15) is 0 Å². The van der Waals surface area contributed by atoms with Crippen LogP contribution in [-0.2, 0) is 0 Å². The van der Waals surface area contributed by atoms with Crippen molar-refractivity contribution < 1.29 is 4.74 Å². The molecule has 0 N–H and O–H groups in total. The predicted octanol–water partition coefficient (Wildman–Crippen LogP) is 5.51. The zero-order chi connectivity index (χ0) is 18.9. The number of hydrogen-bond acceptors (Lipinski definition) is 2. The van der Waals surface area contributed by atoms with Crippen molar-refractivity contribution in [2.24, 2.45) is 0 Å². The van der Waals surface area contributed by atoms with Gasteiger partial charge >= 0.3 is 0 Å². The van der Waals surface area contributed by atoms with Crippen molar-refractivity contribution in [2.75, 3.05) is 33.2 Å². The fourth-order valence-corrected chi connectivity index (χ4v) is 4.86. The molecule has 0 amide bonds. The maximum atomic E-state index is 6.42. The molecule has 0 aromatic heterocycles. The van der Waals surface area contributed by atoms with Crippen LogP contribution in [0.3, 0.4) is 0 Å². The molecule has 0 unspecified atom stereocenters. The Morgan fingerprint density at radius 2 is 1.89 bits per heavy atom. The van der Waals surface area contributed by atoms with E-state index < -0.39 is 0 Å². The van der Waals surface area contributed by atoms with Gasteiger partial charge in [0.15, 0.2) is 5.69 Å². The van der Waals surface area contributed by atoms with Gasteiger partial charge in [-0.3, -0.25) is 4.48 Å². The van der Waals surface area contributed by atoms with Crippen LogP contribution in [0.4, 0.5) is 11.4 Å². The molecule has 2 aromatic carbocycles. The minimum absolute atomic E-state index is 0.651. The standard InChI is InChI=1S/C23H22ClN2O/c1-25-19-8-6-5-7-16(19)18-12-15(27-4)13-21-22(18)23(25)17-10-9-14(24)11-20(17)26(21,2)3/h5-9,11-13H,10H2,1-4H3/q+1. The summed E-state index contributed by atoms with van der Waals surface area (Å²) < 4.78 is 6.33. The number of methoxy groups -OCH3 is 1. The molecular formula is C23H22ClN2O+. The third-order valence-electron chi connectivity index (χ3n) is 6.03. The average Bonchev–Trinajstić information content (AvgIpc) is 2.67. The lowest BCUT2D eigenvalue weighted by molar-refractivity contribution is 0.411. The van der Waals surface area contributed by atoms with Crippen LogP contribution in [0.15, 0.2) is 64.9 Å². The van der Waals surface area contributed by atoms with E-state index in [1.54, 1.807) is 7.11 Å². The van der Waals surface area contributed by atoms with Crippen molar-refractivity contribution in [1.29, 1.82) is 0 Å². The number of hydrogen-bond donors (Lipinski definition) is 0. The van der Waals surface area contributed by atoms with Gasteiger partial charge in [-0.05, 0) is 12.1 Å². The van der Waals surface area contributed by atoms with Crippen molar-refractivity contribution >= 4 is 28.7 Å². The van der Waals surface area contributed by atoms with Crippen LogP contribution in [0.25, 0.3) is 16.8 Å². The number of rotatable bonds is 1. The molecule has 0 bridgehead atoms. The van der Waals surface area contributed by atoms with Gasteiger partial charge < -0.3 is 9.64 Å². The summed E-state index contributed by atoms with van der Waals surface area (Å²) in [5.41, 5.74) is 10.1. The quantitative estimate of drug-likeness (QED) is 0.607. The largest absolute Gasteiger partial charge is 0.497 e. The maximum absolute atomic E-state index is 6.42. The first kappa shape index (κ1) is 16.7. The van der Waals surface area contributed by atoms with E-state index in [4.69, 9.17) is 16.3 Å². The number of anilines is 1. The first-order chi connectivity index (χ1) is 12.9. The second-order valence-electron chi connectivity index (χ2n) is 7.75. The fourth-order valence-electron chi connectivity index (χ4n) is 4.68. The van der Waals surface area contributed by atoms with E-state index in [1.807, 2.05) is 0 Å². The van der Waals surface area contributed by atoms with Crippen LogP contribution < -0.4 is 14.1 Å². The Hall–Kier alpha value is -2.49. The van der Waals surface area contributed by atoms with Gasteiger partial charge in [-0.1, -0.05) is 35.9 Å². The number of allylic oxidation sites excluding steroid dienone is 4. The second kappa shape index (κ2) is 5.51. The molecule has 3 aliphatic rings. The Bertz CT molecular complexity index is 1090. The molecule has 0 spiro atoms. The second-order valence-corrected chi connectivity index (χ2v) is 8.19. The summed E-state index contributed by atoms with van der Waals surface area (Å²) in [6, 6.07) is 12.9. The lowest BCUT2D eigenvalue weighted by Gasteiger charge is -2.44. The predicted molar refractivity (Wildman–Crippen MR) is 114 cm³/mol. The summed E-state index contributed by atoms with van der Waals surface area (Å²) in [7, 11) is 8.36. The van der Waals surface area contributed by atoms with Gasteiger partial charge in [-0.15, -0.1) is 0 Å². The summed E-state index contributed by atoms with van der Waals surface area (Å²) in [6.07, 6.45) is 5.07. The smallest absolute Gasteiger partial charge is 0.151 e. The summed E-state index contributed by atoms with van der Waals surface area (Å²) in [5.74, 6) is 0.884. The molecule has 27 heavy (non-hydrogen) atoms. The molecule has 0 radical (unpaired) electrons. The van der Waals surface area contributed by atoms with Crippen molar-refractivity contribution in [3.8, 4) is 16.9 Å². The number of fused-ring (bicyclic) bond motifs is 3. The van der Waals surface area contributed by atoms with Crippen LogP contribution in [0.1, 0.15) is 12.0 Å². The average molecular weight is 378 g/mol. The van der Waals surface area contributed by atoms with E-state index in [2.05, 4.69) is 74.6 Å². The molecule has 0 fully saturated rings. The third-order valence-corrected chi connectivity index (χ3v) is 6.29. The molecular weight excluding hydrogens is 356 g/mol. The van der Waals surface area contributed by atoms with E-state index in [0.29, 0.717) is 4.48 Å². The fraction of sp³-hybridized carbons (Fsp3) is 0.217. The SMILES string of the molecule is COc1cc2c3c(c1)[N+](C)(C)C1=CC(Cl)=CCC1=C3N(C)c1ccccc1-2. The molecule has 1 aliphatic carbocycles. The highest BCUT2D eigenvalue weighted by atomic mass is 35.5. The zero-order valence-corrected chi connectivity index (χ0v) is 16.8. The summed E-state index contributed by atoms with van der Waals surface area (Å²) in [4.78, 5) is 2.34. The number of ether oxygens (including phenoxy) is 1. The Balaban J connectivity index is 1.96. The Morgan fingerprint density at radius 3 is 2.67 bits per heavy atom. The molecule has 0 saturated carbocycles. The van der Waals surface area contributed by atoms with Gasteiger partial charge in [0, 0.05) is 53.0 Å². The lowest BCUT2D eigenvalue weighted by atomic mass is 9.82. The van der Waals surface area contributed by atoms with E-state index in [0.717, 1.165) is 17.2 Å². The van der Waals surface area contributed by atoms with Crippen LogP contribution in [-0.4, -0.2) is 28.3 Å². The normalized spacial score (nSPS) is 18.9. The molecule has 2 aliphatic heterocycles. The van der Waals surface area contributed by atoms with Crippen LogP contribution >= 0.6 is 11.6 Å². The number of para-hydroxylation sites is 1. The molecule has 2 heterocycles. The highest BCUT2D eigenvalue weighted by Crippen LogP contribution is 2.56. The number of nitrogens with zero attached hydrogens (tertiary/aromatic N) is 2. The molecule has 136 valence electrons. The van der Waals surface area contributed by atoms with Crippen molar-refractivity contribution in [1.82, 2.24) is 4.48 Å². The summed E-state index contributed by atoms with van der Waals surface area (Å²) in [5, 5.41) is 0.811. The van der Waals surface area contributed by atoms with Crippen LogP contribution in [0, 0.1) is 0 Å². The molecule has 4 heteroatoms. The highest BCUT2D eigenvalue weighted by molar-refractivity contribution is 6.31. The number of halogens is 1. The molecule has 2 aromatic rings. The van der Waals surface area contributed by atoms with E-state index in [9.17, 15) is 0 Å². The molecule has 3 nitrogen and oxygen atoms in total. The van der Waals surface area contributed by atoms with Gasteiger partial charge in [-0.25, -0.2) is 0 Å². The molecule has 5 rings (SSSR count). The topological polar surface area (TPSA) is 12.5 Å². The Labute approximate surface area is 165 Å². The summed E-state index contributed by atoms with van der Waals surface area (Å²) in [6.45, 7) is 0. The van der Waals surface area contributed by atoms with Crippen molar-refractivity contribution in [2.45, 2.75) is 6.42 Å². The van der Waals surface area contributed by atoms with Crippen LogP contribution in [0.2, 0.25) is 0 Å². The maximum Gasteiger partial charge on any atom is 0.151 e. The zero-order valence-electron chi connectivity index (χ0n) is 16.0. The number of likely N-dealkylation sites (N-methyl/N-ethyl adjacent to an activating group) is 1. The first-order valence-electron chi connectivity index (χ1n) is 9.15. The molecule has 0 atom stereocenters. The Morgan fingerprint density at radius 1 is 1.11 bits per heavy atom. The minimum atomic E-state index is 0.651. The first-order valence-corrected chi connectivity index (χ1v) is 9.53. The summed E-state index contributed by atoms with van der Waals surface area (Å²) >= 11 is 6.42. The lowest BCUT2D eigenvalue weighted by Crippen LogP contribution is -2.45.